The number of methoxy groups -OCH3 is 3. The lowest BCUT2D eigenvalue weighted by Crippen LogP contribution is -2.40. The number of anilines is 1. The van der Waals surface area contributed by atoms with Gasteiger partial charge in [0, 0.05) is 24.9 Å². The Hall–Kier alpha value is -2.64. The molecule has 0 spiro atoms. The number of amides is 2. The summed E-state index contributed by atoms with van der Waals surface area (Å²) in [6, 6.07) is 2.54. The van der Waals surface area contributed by atoms with E-state index >= 15 is 0 Å². The highest BCUT2D eigenvalue weighted by atomic mass is 16.6. The summed E-state index contributed by atoms with van der Waals surface area (Å²) in [6.07, 6.45) is -0.523. The zero-order valence-corrected chi connectivity index (χ0v) is 12.8. The molecule has 1 N–H and O–H groups in total. The standard InChI is InChI=1S/C14H18N2O6/c1-16-9(7-22-14(16)18)13(17)15-8-5-10(19-2)12(21-4)11(6-8)20-3/h5-6,9H,7H2,1-4H3,(H,15,17). The van der Waals surface area contributed by atoms with Crippen LogP contribution in [-0.4, -0.2) is 57.9 Å². The first-order valence-electron chi connectivity index (χ1n) is 6.52. The number of likely N-dealkylation sites (N-methyl/N-ethyl adjacent to an activating group) is 1. The van der Waals surface area contributed by atoms with E-state index in [4.69, 9.17) is 18.9 Å². The Kier molecular flexibility index (Phi) is 4.59. The molecule has 1 saturated heterocycles. The van der Waals surface area contributed by atoms with Crippen molar-refractivity contribution in [3.05, 3.63) is 12.1 Å². The van der Waals surface area contributed by atoms with Crippen LogP contribution in [0.5, 0.6) is 17.2 Å². The number of ether oxygens (including phenoxy) is 4. The second-order valence-corrected chi connectivity index (χ2v) is 4.61. The van der Waals surface area contributed by atoms with Crippen LogP contribution in [0, 0.1) is 0 Å². The van der Waals surface area contributed by atoms with Crippen molar-refractivity contribution in [2.24, 2.45) is 0 Å². The molecule has 1 aromatic carbocycles. The lowest BCUT2D eigenvalue weighted by Gasteiger charge is -2.18. The van der Waals surface area contributed by atoms with Crippen LogP contribution in [0.25, 0.3) is 0 Å². The Bertz CT molecular complexity index is 564. The summed E-state index contributed by atoms with van der Waals surface area (Å²) < 4.78 is 20.5. The minimum absolute atomic E-state index is 0.0194. The summed E-state index contributed by atoms with van der Waals surface area (Å²) in [5.74, 6) is 0.913. The molecule has 1 aliphatic heterocycles. The molecule has 0 aliphatic carbocycles. The molecule has 0 bridgehead atoms. The Morgan fingerprint density at radius 2 is 1.82 bits per heavy atom. The molecular weight excluding hydrogens is 292 g/mol. The van der Waals surface area contributed by atoms with Crippen LogP contribution >= 0.6 is 0 Å². The van der Waals surface area contributed by atoms with E-state index in [2.05, 4.69) is 5.32 Å². The minimum atomic E-state index is -0.674. The van der Waals surface area contributed by atoms with Gasteiger partial charge in [-0.15, -0.1) is 0 Å². The van der Waals surface area contributed by atoms with Crippen molar-refractivity contribution >= 4 is 17.7 Å². The van der Waals surface area contributed by atoms with Gasteiger partial charge in [-0.05, 0) is 0 Å². The molecule has 0 aromatic heterocycles. The minimum Gasteiger partial charge on any atom is -0.493 e. The van der Waals surface area contributed by atoms with Crippen molar-refractivity contribution in [1.82, 2.24) is 4.90 Å². The number of carbonyl (C=O) groups is 2. The topological polar surface area (TPSA) is 86.3 Å². The maximum atomic E-state index is 12.2. The van der Waals surface area contributed by atoms with Crippen LogP contribution in [0.15, 0.2) is 12.1 Å². The fourth-order valence-electron chi connectivity index (χ4n) is 2.12. The summed E-state index contributed by atoms with van der Waals surface area (Å²) in [5, 5.41) is 2.71. The molecule has 8 nitrogen and oxygen atoms in total. The lowest BCUT2D eigenvalue weighted by atomic mass is 10.2. The van der Waals surface area contributed by atoms with E-state index in [1.165, 1.54) is 33.3 Å². The smallest absolute Gasteiger partial charge is 0.410 e. The van der Waals surface area contributed by atoms with Crippen LogP contribution in [-0.2, 0) is 9.53 Å². The first-order chi connectivity index (χ1) is 10.5. The highest BCUT2D eigenvalue weighted by molar-refractivity contribution is 5.98. The molecule has 1 fully saturated rings. The van der Waals surface area contributed by atoms with E-state index < -0.39 is 12.1 Å². The second-order valence-electron chi connectivity index (χ2n) is 4.61. The predicted octanol–water partition coefficient (Wildman–Crippen LogP) is 1.10. The van der Waals surface area contributed by atoms with Crippen molar-refractivity contribution in [3.63, 3.8) is 0 Å². The Balaban J connectivity index is 2.22. The number of carbonyl (C=O) groups excluding carboxylic acids is 2. The number of nitrogens with zero attached hydrogens (tertiary/aromatic N) is 1. The summed E-state index contributed by atoms with van der Waals surface area (Å²) in [4.78, 5) is 24.8. The van der Waals surface area contributed by atoms with E-state index in [1.807, 2.05) is 0 Å². The molecule has 0 saturated carbocycles. The fraction of sp³-hybridized carbons (Fsp3) is 0.429. The molecule has 22 heavy (non-hydrogen) atoms. The van der Waals surface area contributed by atoms with Crippen LogP contribution in [0.1, 0.15) is 0 Å². The summed E-state index contributed by atoms with van der Waals surface area (Å²) in [5.41, 5.74) is 0.465. The number of rotatable bonds is 5. The van der Waals surface area contributed by atoms with Crippen molar-refractivity contribution in [3.8, 4) is 17.2 Å². The molecule has 1 unspecified atom stereocenters. The van der Waals surface area contributed by atoms with E-state index in [9.17, 15) is 9.59 Å². The molecule has 120 valence electrons. The van der Waals surface area contributed by atoms with Gasteiger partial charge in [0.2, 0.25) is 5.75 Å². The molecule has 1 aromatic rings. The first-order valence-corrected chi connectivity index (χ1v) is 6.52. The van der Waals surface area contributed by atoms with Gasteiger partial charge in [-0.2, -0.15) is 0 Å². The van der Waals surface area contributed by atoms with E-state index in [0.717, 1.165) is 0 Å². The van der Waals surface area contributed by atoms with Crippen molar-refractivity contribution in [2.45, 2.75) is 6.04 Å². The highest BCUT2D eigenvalue weighted by Gasteiger charge is 2.35. The van der Waals surface area contributed by atoms with Gasteiger partial charge in [0.25, 0.3) is 5.91 Å². The number of hydrogen-bond donors (Lipinski definition) is 1. The molecular formula is C14H18N2O6. The second kappa shape index (κ2) is 6.42. The van der Waals surface area contributed by atoms with Crippen LogP contribution in [0.3, 0.4) is 0 Å². The van der Waals surface area contributed by atoms with Gasteiger partial charge >= 0.3 is 6.09 Å². The van der Waals surface area contributed by atoms with Crippen LogP contribution in [0.2, 0.25) is 0 Å². The fourth-order valence-corrected chi connectivity index (χ4v) is 2.12. The number of benzene rings is 1. The number of cyclic esters (lactones) is 1. The zero-order valence-electron chi connectivity index (χ0n) is 12.8. The molecule has 8 heteroatoms. The van der Waals surface area contributed by atoms with E-state index in [-0.39, 0.29) is 12.5 Å². The van der Waals surface area contributed by atoms with E-state index in [1.54, 1.807) is 12.1 Å². The molecule has 2 amide bonds. The number of hydrogen-bond acceptors (Lipinski definition) is 6. The average Bonchev–Trinajstić information content (AvgIpc) is 2.85. The molecule has 2 rings (SSSR count). The SMILES string of the molecule is COc1cc(NC(=O)C2COC(=O)N2C)cc(OC)c1OC. The average molecular weight is 310 g/mol. The largest absolute Gasteiger partial charge is 0.493 e. The van der Waals surface area contributed by atoms with Gasteiger partial charge in [-0.3, -0.25) is 9.69 Å². The van der Waals surface area contributed by atoms with Crippen molar-refractivity contribution in [1.29, 1.82) is 0 Å². The zero-order chi connectivity index (χ0) is 16.3. The van der Waals surface area contributed by atoms with Crippen molar-refractivity contribution < 1.29 is 28.5 Å². The Morgan fingerprint density at radius 1 is 1.23 bits per heavy atom. The van der Waals surface area contributed by atoms with Gasteiger partial charge < -0.3 is 24.3 Å². The van der Waals surface area contributed by atoms with E-state index in [0.29, 0.717) is 22.9 Å². The third-order valence-corrected chi connectivity index (χ3v) is 3.36. The Labute approximate surface area is 127 Å². The van der Waals surface area contributed by atoms with Crippen molar-refractivity contribution in [2.75, 3.05) is 40.3 Å². The molecule has 1 heterocycles. The van der Waals surface area contributed by atoms with Gasteiger partial charge in [-0.1, -0.05) is 0 Å². The van der Waals surface area contributed by atoms with Gasteiger partial charge in [0.1, 0.15) is 12.6 Å². The first kappa shape index (κ1) is 15.7. The highest BCUT2D eigenvalue weighted by Crippen LogP contribution is 2.40. The van der Waals surface area contributed by atoms with Crippen LogP contribution in [0.4, 0.5) is 10.5 Å². The third kappa shape index (κ3) is 2.85. The quantitative estimate of drug-likeness (QED) is 0.876. The monoisotopic (exact) mass is 310 g/mol. The van der Waals surface area contributed by atoms with Gasteiger partial charge in [0.05, 0.1) is 21.3 Å². The maximum Gasteiger partial charge on any atom is 0.410 e. The molecule has 1 atom stereocenters. The summed E-state index contributed by atoms with van der Waals surface area (Å²) in [6.45, 7) is 0.0194. The predicted molar refractivity (Wildman–Crippen MR) is 77.6 cm³/mol. The van der Waals surface area contributed by atoms with Gasteiger partial charge in [0.15, 0.2) is 11.5 Å². The number of nitrogens with one attached hydrogen (secondary N) is 1. The van der Waals surface area contributed by atoms with Gasteiger partial charge in [-0.25, -0.2) is 4.79 Å². The normalized spacial score (nSPS) is 17.0. The third-order valence-electron chi connectivity index (χ3n) is 3.36. The maximum absolute atomic E-state index is 12.2. The molecule has 0 radical (unpaired) electrons. The summed E-state index contributed by atoms with van der Waals surface area (Å²) in [7, 11) is 5.98. The molecule has 1 aliphatic rings. The summed E-state index contributed by atoms with van der Waals surface area (Å²) >= 11 is 0. The lowest BCUT2D eigenvalue weighted by molar-refractivity contribution is -0.119. The Morgan fingerprint density at radius 3 is 2.23 bits per heavy atom. The van der Waals surface area contributed by atoms with Crippen LogP contribution < -0.4 is 19.5 Å².